The van der Waals surface area contributed by atoms with Gasteiger partial charge in [0.15, 0.2) is 0 Å². The van der Waals surface area contributed by atoms with Gasteiger partial charge in [-0.3, -0.25) is 14.9 Å². The zero-order valence-electron chi connectivity index (χ0n) is 18.0. The highest BCUT2D eigenvalue weighted by molar-refractivity contribution is 7.18. The molecule has 0 bridgehead atoms. The molecule has 3 aromatic rings. The Morgan fingerprint density at radius 2 is 1.66 bits per heavy atom. The first kappa shape index (κ1) is 22.1. The van der Waals surface area contributed by atoms with E-state index in [1.807, 2.05) is 60.7 Å². The predicted molar refractivity (Wildman–Crippen MR) is 127 cm³/mol. The maximum Gasteiger partial charge on any atom is 0.249 e. The van der Waals surface area contributed by atoms with Crippen LogP contribution in [-0.2, 0) is 16.0 Å². The van der Waals surface area contributed by atoms with E-state index in [9.17, 15) is 9.59 Å². The fraction of sp³-hybridized carbons (Fsp3) is 0.360. The van der Waals surface area contributed by atoms with Gasteiger partial charge in [0.2, 0.25) is 16.9 Å². The smallest absolute Gasteiger partial charge is 0.249 e. The number of amides is 2. The summed E-state index contributed by atoms with van der Waals surface area (Å²) in [5.41, 5.74) is 1.94. The van der Waals surface area contributed by atoms with Gasteiger partial charge in [-0.1, -0.05) is 97.7 Å². The second kappa shape index (κ2) is 11.0. The quantitative estimate of drug-likeness (QED) is 0.491. The monoisotopic (exact) mass is 448 g/mol. The van der Waals surface area contributed by atoms with E-state index in [2.05, 4.69) is 20.8 Å². The number of carbonyl (C=O) groups is 2. The predicted octanol–water partition coefficient (Wildman–Crippen LogP) is 4.84. The molecule has 166 valence electrons. The molecule has 1 heterocycles. The Morgan fingerprint density at radius 1 is 0.969 bits per heavy atom. The Labute approximate surface area is 192 Å². The summed E-state index contributed by atoms with van der Waals surface area (Å²) in [6, 6.07) is 18.8. The maximum absolute atomic E-state index is 13.1. The largest absolute Gasteiger partial charge is 0.344 e. The van der Waals surface area contributed by atoms with Crippen LogP contribution >= 0.6 is 11.3 Å². The summed E-state index contributed by atoms with van der Waals surface area (Å²) < 4.78 is 0. The third kappa shape index (κ3) is 6.23. The van der Waals surface area contributed by atoms with E-state index < -0.39 is 6.04 Å². The van der Waals surface area contributed by atoms with Crippen LogP contribution in [0.25, 0.3) is 10.6 Å². The standard InChI is InChI=1S/C25H28N4O2S/c30-22(16-15-18-9-7-8-10-18)26-21(17-19-11-3-1-4-12-19)23(31)27-25-29-28-24(32-25)20-13-5-2-6-14-20/h1-6,11-14,18,21H,7-10,15-17H2,(H,26,30)(H,27,29,31). The number of hydrogen-bond acceptors (Lipinski definition) is 5. The van der Waals surface area contributed by atoms with Gasteiger partial charge in [0.1, 0.15) is 11.0 Å². The molecule has 1 saturated carbocycles. The molecule has 4 rings (SSSR count). The normalized spacial score (nSPS) is 14.8. The average Bonchev–Trinajstić information content (AvgIpc) is 3.51. The molecule has 1 aromatic heterocycles. The second-order valence-electron chi connectivity index (χ2n) is 8.27. The molecule has 1 aliphatic rings. The molecule has 2 aromatic carbocycles. The van der Waals surface area contributed by atoms with Gasteiger partial charge in [0.05, 0.1) is 0 Å². The first-order chi connectivity index (χ1) is 15.7. The number of nitrogens with zero attached hydrogens (tertiary/aromatic N) is 2. The van der Waals surface area contributed by atoms with Crippen molar-refractivity contribution < 1.29 is 9.59 Å². The Bertz CT molecular complexity index is 1020. The van der Waals surface area contributed by atoms with Crippen LogP contribution in [0, 0.1) is 5.92 Å². The summed E-state index contributed by atoms with van der Waals surface area (Å²) in [5, 5.41) is 15.3. The molecule has 0 aliphatic heterocycles. The Hall–Kier alpha value is -3.06. The molecular formula is C25H28N4O2S. The van der Waals surface area contributed by atoms with E-state index in [-0.39, 0.29) is 11.8 Å². The van der Waals surface area contributed by atoms with Crippen LogP contribution in [-0.4, -0.2) is 28.1 Å². The summed E-state index contributed by atoms with van der Waals surface area (Å²) in [7, 11) is 0. The molecule has 2 N–H and O–H groups in total. The van der Waals surface area contributed by atoms with Crippen LogP contribution in [0.4, 0.5) is 5.13 Å². The van der Waals surface area contributed by atoms with Gasteiger partial charge in [0.25, 0.3) is 0 Å². The molecule has 1 atom stereocenters. The van der Waals surface area contributed by atoms with Gasteiger partial charge in [-0.25, -0.2) is 0 Å². The first-order valence-electron chi connectivity index (χ1n) is 11.2. The minimum Gasteiger partial charge on any atom is -0.344 e. The summed E-state index contributed by atoms with van der Waals surface area (Å²) in [6.45, 7) is 0. The SMILES string of the molecule is O=C(CCC1CCCC1)NC(Cc1ccccc1)C(=O)Nc1nnc(-c2ccccc2)s1. The van der Waals surface area contributed by atoms with Gasteiger partial charge in [-0.05, 0) is 17.9 Å². The van der Waals surface area contributed by atoms with Crippen LogP contribution in [0.5, 0.6) is 0 Å². The van der Waals surface area contributed by atoms with Crippen LogP contribution in [0.1, 0.15) is 44.1 Å². The lowest BCUT2D eigenvalue weighted by atomic mass is 10.0. The van der Waals surface area contributed by atoms with Crippen LogP contribution in [0.2, 0.25) is 0 Å². The lowest BCUT2D eigenvalue weighted by Crippen LogP contribution is -2.45. The van der Waals surface area contributed by atoms with Crippen molar-refractivity contribution in [1.82, 2.24) is 15.5 Å². The number of hydrogen-bond donors (Lipinski definition) is 2. The van der Waals surface area contributed by atoms with Crippen molar-refractivity contribution in [3.8, 4) is 10.6 Å². The van der Waals surface area contributed by atoms with Crippen molar-refractivity contribution in [2.45, 2.75) is 51.0 Å². The van der Waals surface area contributed by atoms with Gasteiger partial charge < -0.3 is 5.32 Å². The first-order valence-corrected chi connectivity index (χ1v) is 12.0. The van der Waals surface area contributed by atoms with E-state index >= 15 is 0 Å². The maximum atomic E-state index is 13.1. The van der Waals surface area contributed by atoms with E-state index in [0.29, 0.717) is 23.9 Å². The number of rotatable bonds is 9. The number of benzene rings is 2. The van der Waals surface area contributed by atoms with E-state index in [4.69, 9.17) is 0 Å². The molecule has 7 heteroatoms. The molecule has 0 saturated heterocycles. The Balaban J connectivity index is 1.40. The summed E-state index contributed by atoms with van der Waals surface area (Å²) in [6.07, 6.45) is 6.72. The highest BCUT2D eigenvalue weighted by Gasteiger charge is 2.24. The fourth-order valence-electron chi connectivity index (χ4n) is 4.12. The average molecular weight is 449 g/mol. The van der Waals surface area contributed by atoms with Crippen molar-refractivity contribution in [2.75, 3.05) is 5.32 Å². The van der Waals surface area contributed by atoms with E-state index in [1.165, 1.54) is 37.0 Å². The van der Waals surface area contributed by atoms with Crippen LogP contribution in [0.3, 0.4) is 0 Å². The number of carbonyl (C=O) groups excluding carboxylic acids is 2. The zero-order chi connectivity index (χ0) is 22.2. The lowest BCUT2D eigenvalue weighted by molar-refractivity contribution is -0.126. The van der Waals surface area contributed by atoms with E-state index in [0.717, 1.165) is 22.6 Å². The van der Waals surface area contributed by atoms with Crippen molar-refractivity contribution in [3.05, 3.63) is 66.2 Å². The van der Waals surface area contributed by atoms with Crippen molar-refractivity contribution in [1.29, 1.82) is 0 Å². The minimum absolute atomic E-state index is 0.0739. The van der Waals surface area contributed by atoms with Crippen LogP contribution < -0.4 is 10.6 Å². The van der Waals surface area contributed by atoms with E-state index in [1.54, 1.807) is 0 Å². The highest BCUT2D eigenvalue weighted by atomic mass is 32.1. The molecule has 1 aliphatic carbocycles. The van der Waals surface area contributed by atoms with Gasteiger partial charge in [-0.2, -0.15) is 0 Å². The third-order valence-corrected chi connectivity index (χ3v) is 6.75. The summed E-state index contributed by atoms with van der Waals surface area (Å²) in [4.78, 5) is 25.7. The Morgan fingerprint density at radius 3 is 2.38 bits per heavy atom. The van der Waals surface area contributed by atoms with Gasteiger partial charge >= 0.3 is 0 Å². The van der Waals surface area contributed by atoms with Gasteiger partial charge in [0, 0.05) is 18.4 Å². The number of anilines is 1. The topological polar surface area (TPSA) is 84.0 Å². The van der Waals surface area contributed by atoms with Gasteiger partial charge in [-0.15, -0.1) is 10.2 Å². The van der Waals surface area contributed by atoms with Crippen molar-refractivity contribution >= 4 is 28.3 Å². The highest BCUT2D eigenvalue weighted by Crippen LogP contribution is 2.28. The number of aromatic nitrogens is 2. The molecule has 6 nitrogen and oxygen atoms in total. The minimum atomic E-state index is -0.669. The summed E-state index contributed by atoms with van der Waals surface area (Å²) in [5.74, 6) is 0.286. The Kier molecular flexibility index (Phi) is 7.61. The molecule has 2 amide bonds. The summed E-state index contributed by atoms with van der Waals surface area (Å²) >= 11 is 1.32. The molecule has 0 radical (unpaired) electrons. The molecular weight excluding hydrogens is 420 g/mol. The molecule has 1 unspecified atom stereocenters. The second-order valence-corrected chi connectivity index (χ2v) is 9.24. The van der Waals surface area contributed by atoms with Crippen LogP contribution in [0.15, 0.2) is 60.7 Å². The fourth-order valence-corrected chi connectivity index (χ4v) is 4.88. The molecule has 1 fully saturated rings. The third-order valence-electron chi connectivity index (χ3n) is 5.86. The number of nitrogens with one attached hydrogen (secondary N) is 2. The molecule has 32 heavy (non-hydrogen) atoms. The van der Waals surface area contributed by atoms with Crippen molar-refractivity contribution in [3.63, 3.8) is 0 Å². The molecule has 0 spiro atoms. The van der Waals surface area contributed by atoms with Crippen molar-refractivity contribution in [2.24, 2.45) is 5.92 Å². The zero-order valence-corrected chi connectivity index (χ0v) is 18.8. The lowest BCUT2D eigenvalue weighted by Gasteiger charge is -2.18.